The van der Waals surface area contributed by atoms with Gasteiger partial charge in [0.2, 0.25) is 0 Å². The van der Waals surface area contributed by atoms with Crippen LogP contribution < -0.4 is 10.2 Å². The average Bonchev–Trinajstić information content (AvgIpc) is 2.99. The molecular formula is C16H26N4O. The van der Waals surface area contributed by atoms with E-state index in [0.29, 0.717) is 11.7 Å². The second-order valence-corrected chi connectivity index (χ2v) is 5.84. The molecule has 1 aliphatic heterocycles. The van der Waals surface area contributed by atoms with Crippen LogP contribution in [0, 0.1) is 0 Å². The number of hydrogen-bond donors (Lipinski definition) is 1. The van der Waals surface area contributed by atoms with Crippen molar-refractivity contribution < 1.29 is 4.79 Å². The summed E-state index contributed by atoms with van der Waals surface area (Å²) in [6.07, 6.45) is 5.31. The Morgan fingerprint density at radius 1 is 1.48 bits per heavy atom. The summed E-state index contributed by atoms with van der Waals surface area (Å²) in [5.41, 5.74) is 1.60. The number of carbonyl (C=O) groups is 1. The minimum Gasteiger partial charge on any atom is -0.370 e. The first-order chi connectivity index (χ1) is 10.1. The smallest absolute Gasteiger partial charge is 0.272 e. The number of anilines is 1. The van der Waals surface area contributed by atoms with Gasteiger partial charge in [-0.3, -0.25) is 9.78 Å². The quantitative estimate of drug-likeness (QED) is 0.867. The summed E-state index contributed by atoms with van der Waals surface area (Å²) in [7, 11) is 3.51. The van der Waals surface area contributed by atoms with Crippen LogP contribution in [0.5, 0.6) is 0 Å². The summed E-state index contributed by atoms with van der Waals surface area (Å²) in [6.45, 7) is 5.29. The molecule has 1 atom stereocenters. The molecule has 0 radical (unpaired) electrons. The van der Waals surface area contributed by atoms with Crippen LogP contribution in [0.1, 0.15) is 36.7 Å². The lowest BCUT2D eigenvalue weighted by Gasteiger charge is -2.28. The highest BCUT2D eigenvalue weighted by Crippen LogP contribution is 2.18. The van der Waals surface area contributed by atoms with E-state index in [1.807, 2.05) is 12.1 Å². The van der Waals surface area contributed by atoms with Crippen LogP contribution in [0.4, 0.5) is 5.69 Å². The first kappa shape index (κ1) is 15.8. The Bertz CT molecular complexity index is 469. The van der Waals surface area contributed by atoms with Crippen molar-refractivity contribution in [1.29, 1.82) is 0 Å². The highest BCUT2D eigenvalue weighted by atomic mass is 16.2. The van der Waals surface area contributed by atoms with Gasteiger partial charge in [-0.2, -0.15) is 0 Å². The molecule has 0 aromatic carbocycles. The summed E-state index contributed by atoms with van der Waals surface area (Å²) in [5, 5.41) is 3.54. The van der Waals surface area contributed by atoms with Gasteiger partial charge in [-0.25, -0.2) is 0 Å². The molecule has 1 unspecified atom stereocenters. The highest BCUT2D eigenvalue weighted by molar-refractivity contribution is 5.92. The lowest BCUT2D eigenvalue weighted by molar-refractivity contribution is 0.0822. The largest absolute Gasteiger partial charge is 0.370 e. The monoisotopic (exact) mass is 290 g/mol. The van der Waals surface area contributed by atoms with E-state index in [-0.39, 0.29) is 5.91 Å². The SMILES string of the molecule is CCCN(CC1CCCN1)c1ccnc(C(=O)N(C)C)c1. The third-order valence-electron chi connectivity index (χ3n) is 3.83. The molecule has 1 amide bonds. The van der Waals surface area contributed by atoms with Crippen molar-refractivity contribution >= 4 is 11.6 Å². The predicted octanol–water partition coefficient (Wildman–Crippen LogP) is 1.75. The fourth-order valence-electron chi connectivity index (χ4n) is 2.74. The van der Waals surface area contributed by atoms with Gasteiger partial charge in [0, 0.05) is 45.1 Å². The zero-order chi connectivity index (χ0) is 15.2. The number of pyridine rings is 1. The Kier molecular flexibility index (Phi) is 5.56. The minimum absolute atomic E-state index is 0.0488. The van der Waals surface area contributed by atoms with Crippen LogP contribution in [0.25, 0.3) is 0 Å². The second kappa shape index (κ2) is 7.41. The third-order valence-corrected chi connectivity index (χ3v) is 3.83. The van der Waals surface area contributed by atoms with E-state index in [4.69, 9.17) is 0 Å². The standard InChI is InChI=1S/C16H26N4O/c1-4-10-20(12-13-6-5-8-17-13)14-7-9-18-15(11-14)16(21)19(2)3/h7,9,11,13,17H,4-6,8,10,12H2,1-3H3. The predicted molar refractivity (Wildman–Crippen MR) is 85.8 cm³/mol. The first-order valence-corrected chi connectivity index (χ1v) is 7.78. The van der Waals surface area contributed by atoms with Gasteiger partial charge >= 0.3 is 0 Å². The Morgan fingerprint density at radius 3 is 2.90 bits per heavy atom. The zero-order valence-electron chi connectivity index (χ0n) is 13.3. The van der Waals surface area contributed by atoms with Gasteiger partial charge in [-0.15, -0.1) is 0 Å². The molecule has 1 saturated heterocycles. The maximum absolute atomic E-state index is 12.1. The normalized spacial score (nSPS) is 17.8. The number of rotatable bonds is 6. The van der Waals surface area contributed by atoms with E-state index < -0.39 is 0 Å². The highest BCUT2D eigenvalue weighted by Gasteiger charge is 2.19. The molecule has 5 nitrogen and oxygen atoms in total. The Morgan fingerprint density at radius 2 is 2.29 bits per heavy atom. The van der Waals surface area contributed by atoms with Gasteiger partial charge in [0.05, 0.1) is 0 Å². The summed E-state index contributed by atoms with van der Waals surface area (Å²) < 4.78 is 0. The van der Waals surface area contributed by atoms with Gasteiger partial charge in [-0.05, 0) is 37.9 Å². The van der Waals surface area contributed by atoms with Crippen molar-refractivity contribution in [2.45, 2.75) is 32.2 Å². The first-order valence-electron chi connectivity index (χ1n) is 7.78. The molecule has 116 valence electrons. The van der Waals surface area contributed by atoms with Crippen LogP contribution in [-0.4, -0.2) is 55.6 Å². The maximum Gasteiger partial charge on any atom is 0.272 e. The van der Waals surface area contributed by atoms with Crippen molar-refractivity contribution in [2.24, 2.45) is 0 Å². The fraction of sp³-hybridized carbons (Fsp3) is 0.625. The van der Waals surface area contributed by atoms with Gasteiger partial charge in [-0.1, -0.05) is 6.92 Å². The molecule has 2 rings (SSSR count). The molecule has 1 aliphatic rings. The van der Waals surface area contributed by atoms with Gasteiger partial charge in [0.1, 0.15) is 5.69 Å². The third kappa shape index (κ3) is 4.17. The Labute approximate surface area is 127 Å². The van der Waals surface area contributed by atoms with Crippen LogP contribution >= 0.6 is 0 Å². The lowest BCUT2D eigenvalue weighted by atomic mass is 10.2. The Balaban J connectivity index is 2.15. The van der Waals surface area contributed by atoms with Crippen molar-refractivity contribution in [3.8, 4) is 0 Å². The zero-order valence-corrected chi connectivity index (χ0v) is 13.3. The van der Waals surface area contributed by atoms with E-state index >= 15 is 0 Å². The average molecular weight is 290 g/mol. The van der Waals surface area contributed by atoms with Crippen LogP contribution in [0.2, 0.25) is 0 Å². The minimum atomic E-state index is -0.0488. The van der Waals surface area contributed by atoms with Crippen LogP contribution in [0.3, 0.4) is 0 Å². The number of carbonyl (C=O) groups excluding carboxylic acids is 1. The fourth-order valence-corrected chi connectivity index (χ4v) is 2.74. The summed E-state index contributed by atoms with van der Waals surface area (Å²) in [6, 6.07) is 4.46. The van der Waals surface area contributed by atoms with E-state index in [9.17, 15) is 4.79 Å². The van der Waals surface area contributed by atoms with Gasteiger partial charge in [0.15, 0.2) is 0 Å². The number of nitrogens with one attached hydrogen (secondary N) is 1. The molecular weight excluding hydrogens is 264 g/mol. The molecule has 21 heavy (non-hydrogen) atoms. The molecule has 0 bridgehead atoms. The molecule has 0 spiro atoms. The van der Waals surface area contributed by atoms with Crippen molar-refractivity contribution in [3.05, 3.63) is 24.0 Å². The number of amides is 1. The maximum atomic E-state index is 12.1. The number of hydrogen-bond acceptors (Lipinski definition) is 4. The van der Waals surface area contributed by atoms with E-state index in [0.717, 1.165) is 31.7 Å². The van der Waals surface area contributed by atoms with E-state index in [1.165, 1.54) is 12.8 Å². The van der Waals surface area contributed by atoms with Gasteiger partial charge < -0.3 is 15.1 Å². The molecule has 1 N–H and O–H groups in total. The number of aromatic nitrogens is 1. The molecule has 1 aromatic heterocycles. The Hall–Kier alpha value is -1.62. The summed E-state index contributed by atoms with van der Waals surface area (Å²) >= 11 is 0. The topological polar surface area (TPSA) is 48.5 Å². The van der Waals surface area contributed by atoms with Crippen molar-refractivity contribution in [2.75, 3.05) is 38.6 Å². The van der Waals surface area contributed by atoms with Crippen molar-refractivity contribution in [1.82, 2.24) is 15.2 Å². The lowest BCUT2D eigenvalue weighted by Crippen LogP contribution is -2.38. The van der Waals surface area contributed by atoms with Crippen LogP contribution in [-0.2, 0) is 0 Å². The number of nitrogens with zero attached hydrogens (tertiary/aromatic N) is 3. The summed E-state index contributed by atoms with van der Waals surface area (Å²) in [5.74, 6) is -0.0488. The second-order valence-electron chi connectivity index (χ2n) is 5.84. The van der Waals surface area contributed by atoms with E-state index in [1.54, 1.807) is 25.2 Å². The molecule has 2 heterocycles. The molecule has 5 heteroatoms. The molecule has 0 aliphatic carbocycles. The molecule has 1 fully saturated rings. The van der Waals surface area contributed by atoms with E-state index in [2.05, 4.69) is 22.1 Å². The van der Waals surface area contributed by atoms with Gasteiger partial charge in [0.25, 0.3) is 5.91 Å². The molecule has 1 aromatic rings. The van der Waals surface area contributed by atoms with Crippen molar-refractivity contribution in [3.63, 3.8) is 0 Å². The van der Waals surface area contributed by atoms with Crippen LogP contribution in [0.15, 0.2) is 18.3 Å². The molecule has 0 saturated carbocycles. The summed E-state index contributed by atoms with van der Waals surface area (Å²) in [4.78, 5) is 20.2.